The van der Waals surface area contributed by atoms with Crippen LogP contribution in [0.4, 0.5) is 11.4 Å². The Bertz CT molecular complexity index is 1390. The molecule has 0 aromatic heterocycles. The number of carbonyl (C=O) groups is 1. The number of halogens is 1. The molecule has 0 bridgehead atoms. The average Bonchev–Trinajstić information content (AvgIpc) is 3.22. The van der Waals surface area contributed by atoms with E-state index in [9.17, 15) is 4.79 Å². The molecule has 0 saturated carbocycles. The number of aliphatic imine (C=N–C) groups is 1. The normalized spacial score (nSPS) is 15.3. The van der Waals surface area contributed by atoms with Crippen molar-refractivity contribution in [2.24, 2.45) is 4.99 Å². The van der Waals surface area contributed by atoms with E-state index in [1.165, 1.54) is 22.9 Å². The lowest BCUT2D eigenvalue weighted by Crippen LogP contribution is -2.28. The molecule has 3 aromatic rings. The third-order valence-electron chi connectivity index (χ3n) is 5.81. The molecule has 0 aliphatic carbocycles. The number of hydrogen-bond donors (Lipinski definition) is 0. The number of benzene rings is 3. The molecule has 188 valence electrons. The summed E-state index contributed by atoms with van der Waals surface area (Å²) < 4.78 is 11.8. The molecule has 0 radical (unpaired) electrons. The number of methoxy groups -OCH3 is 1. The van der Waals surface area contributed by atoms with Crippen LogP contribution >= 0.6 is 34.4 Å². The van der Waals surface area contributed by atoms with Gasteiger partial charge in [0.25, 0.3) is 5.91 Å². The van der Waals surface area contributed by atoms with Crippen LogP contribution in [-0.4, -0.2) is 24.8 Å². The van der Waals surface area contributed by atoms with E-state index < -0.39 is 0 Å². The highest BCUT2D eigenvalue weighted by Crippen LogP contribution is 2.39. The Hall–Kier alpha value is -3.29. The molecule has 4 rings (SSSR count). The zero-order valence-electron chi connectivity index (χ0n) is 20.8. The molecular weight excluding hydrogens is 597 g/mol. The number of nitriles is 1. The van der Waals surface area contributed by atoms with E-state index >= 15 is 0 Å². The van der Waals surface area contributed by atoms with Crippen LogP contribution < -0.4 is 14.4 Å². The second-order valence-electron chi connectivity index (χ2n) is 8.17. The molecule has 0 unspecified atom stereocenters. The Kier molecular flexibility index (Phi) is 8.90. The number of anilines is 1. The van der Waals surface area contributed by atoms with Crippen molar-refractivity contribution >= 4 is 62.9 Å². The van der Waals surface area contributed by atoms with Gasteiger partial charge in [-0.2, -0.15) is 5.26 Å². The van der Waals surface area contributed by atoms with Gasteiger partial charge in [-0.3, -0.25) is 9.69 Å². The molecule has 1 amide bonds. The molecule has 0 N–H and O–H groups in total. The third kappa shape index (κ3) is 6.17. The first-order chi connectivity index (χ1) is 18.0. The van der Waals surface area contributed by atoms with Crippen molar-refractivity contribution in [1.82, 2.24) is 0 Å². The molecular formula is C29H26IN3O3S. The van der Waals surface area contributed by atoms with Gasteiger partial charge in [0.15, 0.2) is 23.3 Å². The van der Waals surface area contributed by atoms with Gasteiger partial charge in [0.05, 0.1) is 27.0 Å². The predicted molar refractivity (Wildman–Crippen MR) is 159 cm³/mol. The highest BCUT2D eigenvalue weighted by molar-refractivity contribution is 14.1. The van der Waals surface area contributed by atoms with Crippen LogP contribution in [0.25, 0.3) is 6.08 Å². The summed E-state index contributed by atoms with van der Waals surface area (Å²) in [7, 11) is 1.55. The summed E-state index contributed by atoms with van der Waals surface area (Å²) >= 11 is 3.48. The molecule has 3 aromatic carbocycles. The third-order valence-corrected chi connectivity index (χ3v) is 7.58. The maximum atomic E-state index is 13.7. The fraction of sp³-hybridized carbons (Fsp3) is 0.207. The van der Waals surface area contributed by atoms with E-state index in [1.54, 1.807) is 18.1 Å². The largest absolute Gasteiger partial charge is 0.493 e. The van der Waals surface area contributed by atoms with Crippen LogP contribution in [0.1, 0.15) is 30.5 Å². The molecule has 8 heteroatoms. The Morgan fingerprint density at radius 2 is 1.70 bits per heavy atom. The quantitative estimate of drug-likeness (QED) is 0.197. The molecule has 6 nitrogen and oxygen atoms in total. The Labute approximate surface area is 235 Å². The van der Waals surface area contributed by atoms with E-state index in [-0.39, 0.29) is 12.5 Å². The number of rotatable bonds is 8. The van der Waals surface area contributed by atoms with E-state index in [4.69, 9.17) is 19.7 Å². The summed E-state index contributed by atoms with van der Waals surface area (Å²) in [4.78, 5) is 20.7. The minimum atomic E-state index is -0.142. The fourth-order valence-electron chi connectivity index (χ4n) is 3.79. The monoisotopic (exact) mass is 623 g/mol. The van der Waals surface area contributed by atoms with Gasteiger partial charge in [0, 0.05) is 0 Å². The first-order valence-corrected chi connectivity index (χ1v) is 13.7. The summed E-state index contributed by atoms with van der Waals surface area (Å²) in [6, 6.07) is 21.7. The second kappa shape index (κ2) is 12.3. The number of thioether (sulfide) groups is 1. The van der Waals surface area contributed by atoms with Gasteiger partial charge in [-0.1, -0.05) is 38.1 Å². The van der Waals surface area contributed by atoms with Crippen molar-refractivity contribution in [3.8, 4) is 17.6 Å². The fourth-order valence-corrected chi connectivity index (χ4v) is 5.57. The molecule has 1 heterocycles. The zero-order valence-corrected chi connectivity index (χ0v) is 23.8. The topological polar surface area (TPSA) is 74.9 Å². The second-order valence-corrected chi connectivity index (χ2v) is 10.3. The number of ether oxygens (including phenoxy) is 2. The number of amides is 1. The zero-order chi connectivity index (χ0) is 26.4. The maximum absolute atomic E-state index is 13.7. The van der Waals surface area contributed by atoms with Gasteiger partial charge < -0.3 is 9.47 Å². The van der Waals surface area contributed by atoms with Crippen LogP contribution in [-0.2, 0) is 17.6 Å². The van der Waals surface area contributed by atoms with Crippen LogP contribution in [0.15, 0.2) is 70.6 Å². The van der Waals surface area contributed by atoms with Crippen molar-refractivity contribution in [3.63, 3.8) is 0 Å². The van der Waals surface area contributed by atoms with Gasteiger partial charge >= 0.3 is 0 Å². The lowest BCUT2D eigenvalue weighted by atomic mass is 10.1. The summed E-state index contributed by atoms with van der Waals surface area (Å²) in [5.74, 6) is 0.867. The Morgan fingerprint density at radius 1 is 1.05 bits per heavy atom. The summed E-state index contributed by atoms with van der Waals surface area (Å²) in [5.41, 5.74) is 4.79. The van der Waals surface area contributed by atoms with Gasteiger partial charge in [-0.05, 0) is 106 Å². The van der Waals surface area contributed by atoms with Crippen LogP contribution in [0.5, 0.6) is 11.5 Å². The van der Waals surface area contributed by atoms with Crippen LogP contribution in [0.3, 0.4) is 0 Å². The Balaban J connectivity index is 1.74. The van der Waals surface area contributed by atoms with Crippen molar-refractivity contribution < 1.29 is 14.3 Å². The van der Waals surface area contributed by atoms with Crippen molar-refractivity contribution in [3.05, 3.63) is 85.8 Å². The first-order valence-electron chi connectivity index (χ1n) is 11.8. The molecule has 0 atom stereocenters. The highest BCUT2D eigenvalue weighted by Gasteiger charge is 2.35. The van der Waals surface area contributed by atoms with E-state index in [0.29, 0.717) is 21.6 Å². The number of carbonyl (C=O) groups excluding carboxylic acids is 1. The van der Waals surface area contributed by atoms with Crippen molar-refractivity contribution in [2.45, 2.75) is 26.7 Å². The Morgan fingerprint density at radius 3 is 2.30 bits per heavy atom. The van der Waals surface area contributed by atoms with Crippen molar-refractivity contribution in [1.29, 1.82) is 5.26 Å². The summed E-state index contributed by atoms with van der Waals surface area (Å²) in [5, 5.41) is 9.47. The minimum Gasteiger partial charge on any atom is -0.493 e. The molecule has 1 aliphatic rings. The molecule has 1 aliphatic heterocycles. The number of aryl methyl sites for hydroxylation is 2. The van der Waals surface area contributed by atoms with Gasteiger partial charge in [-0.15, -0.1) is 0 Å². The van der Waals surface area contributed by atoms with Crippen LogP contribution in [0, 0.1) is 14.9 Å². The minimum absolute atomic E-state index is 0.0774. The van der Waals surface area contributed by atoms with Gasteiger partial charge in [0.2, 0.25) is 0 Å². The van der Waals surface area contributed by atoms with E-state index in [2.05, 4.69) is 48.6 Å². The lowest BCUT2D eigenvalue weighted by molar-refractivity contribution is -0.113. The maximum Gasteiger partial charge on any atom is 0.271 e. The van der Waals surface area contributed by atoms with Gasteiger partial charge in [-0.25, -0.2) is 4.99 Å². The van der Waals surface area contributed by atoms with Gasteiger partial charge in [0.1, 0.15) is 6.07 Å². The van der Waals surface area contributed by atoms with Crippen LogP contribution in [0.2, 0.25) is 0 Å². The summed E-state index contributed by atoms with van der Waals surface area (Å²) in [6.07, 6.45) is 3.71. The van der Waals surface area contributed by atoms with E-state index in [0.717, 1.165) is 33.4 Å². The smallest absolute Gasteiger partial charge is 0.271 e. The molecule has 0 spiro atoms. The number of amidine groups is 1. The number of hydrogen-bond acceptors (Lipinski definition) is 6. The SMILES string of the molecule is CCc1ccc(N=C2S/C(=C\c3cc(I)c(OCC#N)c(OC)c3)C(=O)N2c2ccc(CC)cc2)cc1. The number of nitrogens with zero attached hydrogens (tertiary/aromatic N) is 3. The molecule has 1 saturated heterocycles. The van der Waals surface area contributed by atoms with Crippen molar-refractivity contribution in [2.75, 3.05) is 18.6 Å². The van der Waals surface area contributed by atoms with E-state index in [1.807, 2.05) is 54.6 Å². The molecule has 1 fully saturated rings. The predicted octanol–water partition coefficient (Wildman–Crippen LogP) is 7.14. The highest BCUT2D eigenvalue weighted by atomic mass is 127. The average molecular weight is 624 g/mol. The molecule has 37 heavy (non-hydrogen) atoms. The summed E-state index contributed by atoms with van der Waals surface area (Å²) in [6.45, 7) is 4.14. The standard InChI is InChI=1S/C29H26IN3O3S/c1-4-19-6-10-22(11-7-19)32-29-33(23-12-8-20(5-2)9-13-23)28(34)26(37-29)18-21-16-24(30)27(36-15-14-31)25(17-21)35-3/h6-13,16-18H,4-5,15H2,1-3H3/b26-18-,32-29?. The first kappa shape index (κ1) is 26.8. The lowest BCUT2D eigenvalue weighted by Gasteiger charge is -2.16.